The zero-order valence-corrected chi connectivity index (χ0v) is 13.3. The number of ether oxygens (including phenoxy) is 2. The first-order chi connectivity index (χ1) is 10.6. The minimum Gasteiger partial charge on any atom is -0.482 e. The molecule has 0 saturated carbocycles. The predicted molar refractivity (Wildman–Crippen MR) is 87.7 cm³/mol. The van der Waals surface area contributed by atoms with Crippen molar-refractivity contribution >= 4 is 41.1 Å². The summed E-state index contributed by atoms with van der Waals surface area (Å²) in [5.74, 6) is 0.155. The summed E-state index contributed by atoms with van der Waals surface area (Å²) in [6.45, 7) is -0.118. The molecule has 0 saturated heterocycles. The molecule has 0 aliphatic carbocycles. The maximum atomic E-state index is 11.0. The van der Waals surface area contributed by atoms with Crippen LogP contribution in [0, 0.1) is 0 Å². The highest BCUT2D eigenvalue weighted by molar-refractivity contribution is 6.42. The Kier molecular flexibility index (Phi) is 5.81. The number of hydrogen-bond donors (Lipinski definition) is 0. The van der Waals surface area contributed by atoms with Gasteiger partial charge in [0.05, 0.1) is 22.8 Å². The minimum atomic E-state index is -0.426. The van der Waals surface area contributed by atoms with Gasteiger partial charge < -0.3 is 9.47 Å². The number of halogens is 2. The van der Waals surface area contributed by atoms with Crippen LogP contribution in [0.2, 0.25) is 10.0 Å². The van der Waals surface area contributed by atoms with Gasteiger partial charge in [0.25, 0.3) is 0 Å². The summed E-state index contributed by atoms with van der Waals surface area (Å²) >= 11 is 11.8. The van der Waals surface area contributed by atoms with Crippen LogP contribution in [0.25, 0.3) is 0 Å². The molecule has 0 amide bonds. The third-order valence-corrected chi connectivity index (χ3v) is 3.47. The molecule has 4 nitrogen and oxygen atoms in total. The Morgan fingerprint density at radius 1 is 1.14 bits per heavy atom. The van der Waals surface area contributed by atoms with E-state index in [9.17, 15) is 4.79 Å². The van der Waals surface area contributed by atoms with Crippen LogP contribution in [0.15, 0.2) is 47.5 Å². The SMILES string of the molecule is COC(=O)COc1ccc(C=Nc2ccc(Cl)c(Cl)c2)cc1. The first-order valence-electron chi connectivity index (χ1n) is 6.37. The number of aliphatic imine (C=N–C) groups is 1. The standard InChI is InChI=1S/C16H13Cl2NO3/c1-21-16(20)10-22-13-5-2-11(3-6-13)9-19-12-4-7-14(17)15(18)8-12/h2-9H,10H2,1H3. The minimum absolute atomic E-state index is 0.118. The summed E-state index contributed by atoms with van der Waals surface area (Å²) in [5, 5.41) is 0.954. The Hall–Kier alpha value is -2.04. The zero-order valence-electron chi connectivity index (χ0n) is 11.8. The number of carbonyl (C=O) groups excluding carboxylic acids is 1. The molecule has 0 N–H and O–H groups in total. The Labute approximate surface area is 138 Å². The molecular weight excluding hydrogens is 325 g/mol. The average molecular weight is 338 g/mol. The lowest BCUT2D eigenvalue weighted by atomic mass is 10.2. The van der Waals surface area contributed by atoms with Gasteiger partial charge >= 0.3 is 5.97 Å². The largest absolute Gasteiger partial charge is 0.482 e. The van der Waals surface area contributed by atoms with Crippen molar-refractivity contribution in [3.05, 3.63) is 58.1 Å². The van der Waals surface area contributed by atoms with Crippen molar-refractivity contribution in [3.63, 3.8) is 0 Å². The van der Waals surface area contributed by atoms with Gasteiger partial charge in [-0.15, -0.1) is 0 Å². The topological polar surface area (TPSA) is 47.9 Å². The molecule has 0 radical (unpaired) electrons. The lowest BCUT2D eigenvalue weighted by Crippen LogP contribution is -2.12. The van der Waals surface area contributed by atoms with Crippen LogP contribution in [-0.4, -0.2) is 25.9 Å². The van der Waals surface area contributed by atoms with Gasteiger partial charge in [-0.05, 0) is 48.0 Å². The summed E-state index contributed by atoms with van der Waals surface area (Å²) in [7, 11) is 1.31. The average Bonchev–Trinajstić information content (AvgIpc) is 2.54. The van der Waals surface area contributed by atoms with E-state index in [-0.39, 0.29) is 6.61 Å². The van der Waals surface area contributed by atoms with Gasteiger partial charge in [0, 0.05) is 6.21 Å². The molecule has 0 heterocycles. The molecule has 2 aromatic rings. The van der Waals surface area contributed by atoms with E-state index in [1.54, 1.807) is 36.5 Å². The lowest BCUT2D eigenvalue weighted by Gasteiger charge is -2.04. The van der Waals surface area contributed by atoms with Crippen molar-refractivity contribution in [3.8, 4) is 5.75 Å². The van der Waals surface area contributed by atoms with E-state index in [1.807, 2.05) is 12.1 Å². The quantitative estimate of drug-likeness (QED) is 0.603. The van der Waals surface area contributed by atoms with Crippen molar-refractivity contribution in [2.24, 2.45) is 4.99 Å². The second-order valence-electron chi connectivity index (χ2n) is 4.29. The van der Waals surface area contributed by atoms with E-state index >= 15 is 0 Å². The Morgan fingerprint density at radius 3 is 2.50 bits per heavy atom. The van der Waals surface area contributed by atoms with E-state index in [0.717, 1.165) is 5.56 Å². The Bertz CT molecular complexity index is 684. The maximum absolute atomic E-state index is 11.0. The van der Waals surface area contributed by atoms with Gasteiger partial charge in [-0.25, -0.2) is 4.79 Å². The van der Waals surface area contributed by atoms with Crippen LogP contribution in [0.3, 0.4) is 0 Å². The molecule has 0 spiro atoms. The smallest absolute Gasteiger partial charge is 0.343 e. The summed E-state index contributed by atoms with van der Waals surface area (Å²) < 4.78 is 9.75. The molecular formula is C16H13Cl2NO3. The highest BCUT2D eigenvalue weighted by Crippen LogP contribution is 2.26. The molecule has 0 unspecified atom stereocenters. The molecule has 0 bridgehead atoms. The van der Waals surface area contributed by atoms with Gasteiger partial charge in [0.2, 0.25) is 0 Å². The van der Waals surface area contributed by atoms with Crippen molar-refractivity contribution in [2.45, 2.75) is 0 Å². The third-order valence-electron chi connectivity index (χ3n) is 2.73. The molecule has 2 rings (SSSR count). The van der Waals surface area contributed by atoms with E-state index < -0.39 is 5.97 Å². The Balaban J connectivity index is 1.99. The van der Waals surface area contributed by atoms with Crippen LogP contribution in [0.5, 0.6) is 5.75 Å². The summed E-state index contributed by atoms with van der Waals surface area (Å²) in [6, 6.07) is 12.3. The van der Waals surface area contributed by atoms with Gasteiger partial charge in [-0.1, -0.05) is 23.2 Å². The predicted octanol–water partition coefficient (Wildman–Crippen LogP) is 4.30. The number of benzene rings is 2. The summed E-state index contributed by atoms with van der Waals surface area (Å²) in [5.41, 5.74) is 1.59. The van der Waals surface area contributed by atoms with Crippen LogP contribution < -0.4 is 4.74 Å². The lowest BCUT2D eigenvalue weighted by molar-refractivity contribution is -0.142. The monoisotopic (exact) mass is 337 g/mol. The molecule has 0 aromatic heterocycles. The number of nitrogens with zero attached hydrogens (tertiary/aromatic N) is 1. The van der Waals surface area contributed by atoms with Gasteiger partial charge in [0.15, 0.2) is 6.61 Å². The maximum Gasteiger partial charge on any atom is 0.343 e. The molecule has 6 heteroatoms. The Morgan fingerprint density at radius 2 is 1.86 bits per heavy atom. The molecule has 2 aromatic carbocycles. The van der Waals surface area contributed by atoms with Gasteiger partial charge in [-0.2, -0.15) is 0 Å². The fraction of sp³-hybridized carbons (Fsp3) is 0.125. The fourth-order valence-electron chi connectivity index (χ4n) is 1.57. The van der Waals surface area contributed by atoms with Crippen molar-refractivity contribution in [1.29, 1.82) is 0 Å². The highest BCUT2D eigenvalue weighted by atomic mass is 35.5. The first-order valence-corrected chi connectivity index (χ1v) is 7.13. The molecule has 0 aliphatic heterocycles. The van der Waals surface area contributed by atoms with E-state index in [0.29, 0.717) is 21.5 Å². The van der Waals surface area contributed by atoms with Crippen LogP contribution in [0.1, 0.15) is 5.56 Å². The number of hydrogen-bond acceptors (Lipinski definition) is 4. The normalized spacial score (nSPS) is 10.7. The second kappa shape index (κ2) is 7.82. The van der Waals surface area contributed by atoms with E-state index in [2.05, 4.69) is 9.73 Å². The number of esters is 1. The van der Waals surface area contributed by atoms with Gasteiger partial charge in [-0.3, -0.25) is 4.99 Å². The summed E-state index contributed by atoms with van der Waals surface area (Å²) in [4.78, 5) is 15.3. The second-order valence-corrected chi connectivity index (χ2v) is 5.10. The van der Waals surface area contributed by atoms with E-state index in [4.69, 9.17) is 27.9 Å². The molecule has 22 heavy (non-hydrogen) atoms. The highest BCUT2D eigenvalue weighted by Gasteiger charge is 2.01. The van der Waals surface area contributed by atoms with Crippen molar-refractivity contribution in [1.82, 2.24) is 0 Å². The van der Waals surface area contributed by atoms with Gasteiger partial charge in [0.1, 0.15) is 5.75 Å². The van der Waals surface area contributed by atoms with Crippen LogP contribution in [-0.2, 0) is 9.53 Å². The molecule has 114 valence electrons. The molecule has 0 atom stereocenters. The first kappa shape index (κ1) is 16.3. The third kappa shape index (κ3) is 4.76. The van der Waals surface area contributed by atoms with Crippen molar-refractivity contribution < 1.29 is 14.3 Å². The van der Waals surface area contributed by atoms with Crippen LogP contribution in [0.4, 0.5) is 5.69 Å². The number of rotatable bonds is 5. The number of carbonyl (C=O) groups is 1. The van der Waals surface area contributed by atoms with Crippen molar-refractivity contribution in [2.75, 3.05) is 13.7 Å². The fourth-order valence-corrected chi connectivity index (χ4v) is 1.86. The summed E-state index contributed by atoms with van der Waals surface area (Å²) in [6.07, 6.45) is 1.70. The van der Waals surface area contributed by atoms with Crippen LogP contribution >= 0.6 is 23.2 Å². The zero-order chi connectivity index (χ0) is 15.9. The molecule has 0 aliphatic rings. The molecule has 0 fully saturated rings. The van der Waals surface area contributed by atoms with E-state index in [1.165, 1.54) is 7.11 Å². The number of methoxy groups -OCH3 is 1.